The number of amides is 1. The summed E-state index contributed by atoms with van der Waals surface area (Å²) < 4.78 is 11.4. The number of ketones is 1. The number of rotatable bonds is 9. The molecular weight excluding hydrogens is 494 g/mol. The van der Waals surface area contributed by atoms with Gasteiger partial charge < -0.3 is 19.5 Å². The summed E-state index contributed by atoms with van der Waals surface area (Å²) >= 11 is 0. The summed E-state index contributed by atoms with van der Waals surface area (Å²) in [4.78, 5) is 34.5. The van der Waals surface area contributed by atoms with Crippen LogP contribution < -0.4 is 4.74 Å². The molecule has 1 N–H and O–H groups in total. The summed E-state index contributed by atoms with van der Waals surface area (Å²) in [7, 11) is 0. The first-order valence-corrected chi connectivity index (χ1v) is 13.3. The molecule has 0 spiro atoms. The summed E-state index contributed by atoms with van der Waals surface area (Å²) in [6, 6.07) is 18.0. The van der Waals surface area contributed by atoms with Gasteiger partial charge in [-0.2, -0.15) is 0 Å². The number of aliphatic hydroxyl groups is 1. The maximum Gasteiger partial charge on any atom is 0.295 e. The minimum absolute atomic E-state index is 0.0925. The highest BCUT2D eigenvalue weighted by Crippen LogP contribution is 2.39. The number of carbonyl (C=O) groups excluding carboxylic acids is 2. The molecule has 2 saturated heterocycles. The van der Waals surface area contributed by atoms with Crippen molar-refractivity contribution in [3.63, 3.8) is 0 Å². The smallest absolute Gasteiger partial charge is 0.295 e. The Bertz CT molecular complexity index is 1340. The molecule has 2 aliphatic heterocycles. The second kappa shape index (κ2) is 12.2. The maximum absolute atomic E-state index is 13.3. The average Bonchev–Trinajstić information content (AvgIpc) is 3.23. The number of ether oxygens (including phenoxy) is 2. The molecule has 0 saturated carbocycles. The van der Waals surface area contributed by atoms with E-state index >= 15 is 0 Å². The lowest BCUT2D eigenvalue weighted by atomic mass is 9.95. The van der Waals surface area contributed by atoms with Crippen molar-refractivity contribution in [2.24, 2.45) is 0 Å². The monoisotopic (exact) mass is 527 g/mol. The first kappa shape index (κ1) is 26.6. The molecule has 2 aromatic carbocycles. The van der Waals surface area contributed by atoms with Crippen LogP contribution in [0.3, 0.4) is 0 Å². The number of aryl methyl sites for hydroxylation is 1. The zero-order valence-corrected chi connectivity index (χ0v) is 22.1. The summed E-state index contributed by atoms with van der Waals surface area (Å²) in [5.74, 6) is -0.782. The van der Waals surface area contributed by atoms with Gasteiger partial charge in [-0.3, -0.25) is 19.5 Å². The third-order valence-corrected chi connectivity index (χ3v) is 7.22. The van der Waals surface area contributed by atoms with Crippen LogP contribution in [-0.2, 0) is 20.9 Å². The highest BCUT2D eigenvalue weighted by atomic mass is 16.5. The van der Waals surface area contributed by atoms with E-state index in [-0.39, 0.29) is 11.3 Å². The van der Waals surface area contributed by atoms with Gasteiger partial charge in [0, 0.05) is 44.1 Å². The van der Waals surface area contributed by atoms with Gasteiger partial charge in [0.1, 0.15) is 18.1 Å². The maximum atomic E-state index is 13.3. The number of hydrogen-bond donors (Lipinski definition) is 1. The van der Waals surface area contributed by atoms with Crippen molar-refractivity contribution >= 4 is 17.4 Å². The van der Waals surface area contributed by atoms with Gasteiger partial charge in [0.2, 0.25) is 0 Å². The molecule has 3 heterocycles. The van der Waals surface area contributed by atoms with Gasteiger partial charge >= 0.3 is 0 Å². The SMILES string of the molecule is Cc1cc(C(O)=C2C(=O)C(=O)N(CCCN3CCOCC3)[C@@H]2c2ccncc2)ccc1OCc1ccccc1. The van der Waals surface area contributed by atoms with E-state index in [1.165, 1.54) is 0 Å². The molecule has 5 rings (SSSR count). The molecule has 1 amide bonds. The molecule has 1 atom stereocenters. The molecule has 0 aliphatic carbocycles. The van der Waals surface area contributed by atoms with Crippen LogP contribution in [0.4, 0.5) is 0 Å². The van der Waals surface area contributed by atoms with Crippen molar-refractivity contribution in [2.45, 2.75) is 26.0 Å². The van der Waals surface area contributed by atoms with Crippen LogP contribution in [-0.4, -0.2) is 71.0 Å². The van der Waals surface area contributed by atoms with Crippen molar-refractivity contribution in [2.75, 3.05) is 39.4 Å². The number of aromatic nitrogens is 1. The number of nitrogens with zero attached hydrogens (tertiary/aromatic N) is 3. The standard InChI is InChI=1S/C31H33N3O5/c1-22-20-25(8-9-26(22)39-21-23-6-3-2-4-7-23)29(35)27-28(24-10-12-32-13-11-24)34(31(37)30(27)36)15-5-14-33-16-18-38-19-17-33/h2-4,6-13,20,28,35H,5,14-19,21H2,1H3/t28-/m1/s1. The fraction of sp³-hybridized carbons (Fsp3) is 0.323. The lowest BCUT2D eigenvalue weighted by Gasteiger charge is -2.29. The summed E-state index contributed by atoms with van der Waals surface area (Å²) in [6.45, 7) is 6.64. The van der Waals surface area contributed by atoms with E-state index in [4.69, 9.17) is 9.47 Å². The first-order chi connectivity index (χ1) is 19.0. The van der Waals surface area contributed by atoms with E-state index in [2.05, 4.69) is 9.88 Å². The Morgan fingerprint density at radius 3 is 2.49 bits per heavy atom. The highest BCUT2D eigenvalue weighted by molar-refractivity contribution is 6.46. The van der Waals surface area contributed by atoms with Gasteiger partial charge in [-0.15, -0.1) is 0 Å². The van der Waals surface area contributed by atoms with Crippen molar-refractivity contribution in [1.29, 1.82) is 0 Å². The Kier molecular flexibility index (Phi) is 8.34. The average molecular weight is 528 g/mol. The largest absolute Gasteiger partial charge is 0.507 e. The normalized spacial score (nSPS) is 19.4. The van der Waals surface area contributed by atoms with Crippen LogP contribution in [0.15, 0.2) is 78.6 Å². The summed E-state index contributed by atoms with van der Waals surface area (Å²) in [5.41, 5.74) is 3.15. The number of pyridine rings is 1. The molecule has 39 heavy (non-hydrogen) atoms. The van der Waals surface area contributed by atoms with Gasteiger partial charge in [-0.25, -0.2) is 0 Å². The number of morpholine rings is 1. The Balaban J connectivity index is 1.40. The minimum atomic E-state index is -0.688. The van der Waals surface area contributed by atoms with Crippen LogP contribution in [0.2, 0.25) is 0 Å². The van der Waals surface area contributed by atoms with E-state index in [0.717, 1.165) is 36.3 Å². The third kappa shape index (κ3) is 6.02. The van der Waals surface area contributed by atoms with Crippen LogP contribution in [0.5, 0.6) is 5.75 Å². The molecular formula is C31H33N3O5. The molecule has 202 valence electrons. The molecule has 0 unspecified atom stereocenters. The number of aliphatic hydroxyl groups excluding tert-OH is 1. The van der Waals surface area contributed by atoms with E-state index < -0.39 is 17.7 Å². The van der Waals surface area contributed by atoms with E-state index in [9.17, 15) is 14.7 Å². The summed E-state index contributed by atoms with van der Waals surface area (Å²) in [6.07, 6.45) is 3.97. The quantitative estimate of drug-likeness (QED) is 0.254. The van der Waals surface area contributed by atoms with Crippen molar-refractivity contribution in [3.05, 3.63) is 101 Å². The molecule has 8 nitrogen and oxygen atoms in total. The first-order valence-electron chi connectivity index (χ1n) is 13.3. The molecule has 2 aliphatic rings. The van der Waals surface area contributed by atoms with Gasteiger partial charge in [-0.05, 0) is 60.4 Å². The fourth-order valence-corrected chi connectivity index (χ4v) is 5.14. The molecule has 0 radical (unpaired) electrons. The van der Waals surface area contributed by atoms with E-state index in [1.54, 1.807) is 47.6 Å². The Morgan fingerprint density at radius 1 is 1.03 bits per heavy atom. The van der Waals surface area contributed by atoms with Crippen molar-refractivity contribution in [3.8, 4) is 5.75 Å². The number of hydrogen-bond acceptors (Lipinski definition) is 7. The molecule has 1 aromatic heterocycles. The molecule has 3 aromatic rings. The zero-order chi connectivity index (χ0) is 27.2. The molecule has 0 bridgehead atoms. The third-order valence-electron chi connectivity index (χ3n) is 7.22. The number of Topliss-reactive ketones (excluding diaryl/α,β-unsaturated/α-hetero) is 1. The second-order valence-electron chi connectivity index (χ2n) is 9.84. The van der Waals surface area contributed by atoms with E-state index in [0.29, 0.717) is 44.1 Å². The van der Waals surface area contributed by atoms with Crippen LogP contribution in [0.25, 0.3) is 5.76 Å². The fourth-order valence-electron chi connectivity index (χ4n) is 5.14. The minimum Gasteiger partial charge on any atom is -0.507 e. The second-order valence-corrected chi connectivity index (χ2v) is 9.84. The van der Waals surface area contributed by atoms with Crippen molar-refractivity contribution in [1.82, 2.24) is 14.8 Å². The number of carbonyl (C=O) groups is 2. The zero-order valence-electron chi connectivity index (χ0n) is 22.1. The lowest BCUT2D eigenvalue weighted by molar-refractivity contribution is -0.140. The Hall–Kier alpha value is -4.01. The van der Waals surface area contributed by atoms with Gasteiger partial charge in [0.25, 0.3) is 11.7 Å². The Labute approximate surface area is 228 Å². The van der Waals surface area contributed by atoms with Gasteiger partial charge in [0.05, 0.1) is 24.8 Å². The number of likely N-dealkylation sites (tertiary alicyclic amines) is 1. The van der Waals surface area contributed by atoms with E-state index in [1.807, 2.05) is 37.3 Å². The van der Waals surface area contributed by atoms with Gasteiger partial charge in [-0.1, -0.05) is 30.3 Å². The Morgan fingerprint density at radius 2 is 1.77 bits per heavy atom. The van der Waals surface area contributed by atoms with Gasteiger partial charge in [0.15, 0.2) is 0 Å². The lowest BCUT2D eigenvalue weighted by Crippen LogP contribution is -2.38. The predicted molar refractivity (Wildman–Crippen MR) is 147 cm³/mol. The van der Waals surface area contributed by atoms with Crippen LogP contribution >= 0.6 is 0 Å². The molecule has 8 heteroatoms. The predicted octanol–water partition coefficient (Wildman–Crippen LogP) is 4.11. The highest BCUT2D eigenvalue weighted by Gasteiger charge is 2.45. The number of benzene rings is 2. The molecule has 2 fully saturated rings. The topological polar surface area (TPSA) is 92.2 Å². The van der Waals surface area contributed by atoms with Crippen LogP contribution in [0.1, 0.15) is 34.7 Å². The van der Waals surface area contributed by atoms with Crippen molar-refractivity contribution < 1.29 is 24.2 Å². The van der Waals surface area contributed by atoms with Crippen LogP contribution in [0, 0.1) is 6.92 Å². The summed E-state index contributed by atoms with van der Waals surface area (Å²) in [5, 5.41) is 11.4.